The van der Waals surface area contributed by atoms with E-state index in [4.69, 9.17) is 9.56 Å². The standard InChI is InChI=1S/C21H26N2O3S/c1-20(2,3)14-11-16(21(4,5)6)18-17(12-14)23-19(26-18)13-7-9-15(10-8-13)27(22,24)25/h7-12H,1-6H3,(H2,22,24,25). The SMILES string of the molecule is CC(C)(C)c1cc(C(C)(C)C)c2oc(-c3ccc(S(N)(=O)=O)cc3)nc2c1. The van der Waals surface area contributed by atoms with Crippen molar-refractivity contribution < 1.29 is 12.8 Å². The van der Waals surface area contributed by atoms with Crippen LogP contribution in [0.5, 0.6) is 0 Å². The second-order valence-electron chi connectivity index (χ2n) is 8.96. The maximum Gasteiger partial charge on any atom is 0.238 e. The van der Waals surface area contributed by atoms with E-state index < -0.39 is 10.0 Å². The van der Waals surface area contributed by atoms with Crippen molar-refractivity contribution in [1.29, 1.82) is 0 Å². The minimum atomic E-state index is -3.73. The molecule has 6 heteroatoms. The zero-order valence-electron chi connectivity index (χ0n) is 16.6. The number of primary sulfonamides is 1. The van der Waals surface area contributed by atoms with Crippen LogP contribution in [0.2, 0.25) is 0 Å². The van der Waals surface area contributed by atoms with Crippen molar-refractivity contribution >= 4 is 21.1 Å². The molecule has 3 rings (SSSR count). The Bertz CT molecular complexity index is 1100. The van der Waals surface area contributed by atoms with Crippen molar-refractivity contribution in [2.45, 2.75) is 57.3 Å². The third-order valence-corrected chi connectivity index (χ3v) is 5.52. The van der Waals surface area contributed by atoms with Gasteiger partial charge in [0.25, 0.3) is 0 Å². The van der Waals surface area contributed by atoms with E-state index >= 15 is 0 Å². The molecule has 0 atom stereocenters. The van der Waals surface area contributed by atoms with Gasteiger partial charge in [0, 0.05) is 11.1 Å². The number of nitrogens with two attached hydrogens (primary N) is 1. The van der Waals surface area contributed by atoms with Gasteiger partial charge in [-0.2, -0.15) is 0 Å². The fourth-order valence-electron chi connectivity index (χ4n) is 2.93. The molecule has 27 heavy (non-hydrogen) atoms. The molecule has 0 saturated carbocycles. The van der Waals surface area contributed by atoms with Gasteiger partial charge in [-0.3, -0.25) is 0 Å². The van der Waals surface area contributed by atoms with Gasteiger partial charge in [-0.1, -0.05) is 47.6 Å². The number of fused-ring (bicyclic) bond motifs is 1. The Morgan fingerprint density at radius 1 is 0.926 bits per heavy atom. The lowest BCUT2D eigenvalue weighted by Gasteiger charge is -2.24. The molecule has 144 valence electrons. The van der Waals surface area contributed by atoms with Crippen LogP contribution in [-0.2, 0) is 20.9 Å². The van der Waals surface area contributed by atoms with Gasteiger partial charge < -0.3 is 4.42 Å². The van der Waals surface area contributed by atoms with Crippen LogP contribution in [0.4, 0.5) is 0 Å². The largest absolute Gasteiger partial charge is 0.436 e. The van der Waals surface area contributed by atoms with Crippen LogP contribution in [-0.4, -0.2) is 13.4 Å². The normalized spacial score (nSPS) is 13.3. The van der Waals surface area contributed by atoms with Gasteiger partial charge in [0.05, 0.1) is 4.90 Å². The van der Waals surface area contributed by atoms with Gasteiger partial charge in [-0.05, 0) is 46.7 Å². The molecule has 2 aromatic carbocycles. The number of hydrogen-bond acceptors (Lipinski definition) is 4. The second-order valence-corrected chi connectivity index (χ2v) is 10.5. The highest BCUT2D eigenvalue weighted by Gasteiger charge is 2.25. The highest BCUT2D eigenvalue weighted by molar-refractivity contribution is 7.89. The Kier molecular flexibility index (Phi) is 4.48. The number of sulfonamides is 1. The second kappa shape index (κ2) is 6.17. The molecule has 3 aromatic rings. The molecule has 0 radical (unpaired) electrons. The number of hydrogen-bond donors (Lipinski definition) is 1. The molecule has 0 unspecified atom stereocenters. The molecule has 2 N–H and O–H groups in total. The number of rotatable bonds is 2. The first kappa shape index (κ1) is 19.6. The number of nitrogens with zero attached hydrogens (tertiary/aromatic N) is 1. The molecule has 0 bridgehead atoms. The predicted octanol–water partition coefficient (Wildman–Crippen LogP) is 4.74. The van der Waals surface area contributed by atoms with Gasteiger partial charge in [0.15, 0.2) is 5.58 Å². The van der Waals surface area contributed by atoms with Gasteiger partial charge in [0.2, 0.25) is 15.9 Å². The fraction of sp³-hybridized carbons (Fsp3) is 0.381. The lowest BCUT2D eigenvalue weighted by Crippen LogP contribution is -2.16. The third kappa shape index (κ3) is 3.92. The van der Waals surface area contributed by atoms with Gasteiger partial charge >= 0.3 is 0 Å². The highest BCUT2D eigenvalue weighted by atomic mass is 32.2. The molecule has 1 aromatic heterocycles. The Morgan fingerprint density at radius 3 is 2.00 bits per heavy atom. The van der Waals surface area contributed by atoms with E-state index in [2.05, 4.69) is 58.7 Å². The lowest BCUT2D eigenvalue weighted by atomic mass is 9.80. The molecule has 0 fully saturated rings. The quantitative estimate of drug-likeness (QED) is 0.689. The van der Waals surface area contributed by atoms with E-state index in [1.807, 2.05) is 0 Å². The van der Waals surface area contributed by atoms with Crippen molar-refractivity contribution in [3.05, 3.63) is 47.5 Å². The zero-order chi connectivity index (χ0) is 20.2. The molecule has 0 spiro atoms. The summed E-state index contributed by atoms with van der Waals surface area (Å²) in [5.74, 6) is 0.461. The molecule has 0 aliphatic heterocycles. The van der Waals surface area contributed by atoms with Gasteiger partial charge in [0.1, 0.15) is 5.52 Å². The Hall–Kier alpha value is -2.18. The lowest BCUT2D eigenvalue weighted by molar-refractivity contribution is 0.552. The molecule has 0 amide bonds. The Balaban J connectivity index is 2.20. The highest BCUT2D eigenvalue weighted by Crippen LogP contribution is 2.37. The summed E-state index contributed by atoms with van der Waals surface area (Å²) in [4.78, 5) is 4.74. The first-order valence-corrected chi connectivity index (χ1v) is 10.4. The predicted molar refractivity (Wildman–Crippen MR) is 108 cm³/mol. The van der Waals surface area contributed by atoms with Crippen LogP contribution in [0, 0.1) is 0 Å². The van der Waals surface area contributed by atoms with E-state index in [-0.39, 0.29) is 15.7 Å². The van der Waals surface area contributed by atoms with Crippen LogP contribution in [0.15, 0.2) is 45.7 Å². The summed E-state index contributed by atoms with van der Waals surface area (Å²) in [7, 11) is -3.73. The monoisotopic (exact) mass is 386 g/mol. The molecular formula is C21H26N2O3S. The van der Waals surface area contributed by atoms with Crippen molar-refractivity contribution in [3.8, 4) is 11.5 Å². The van der Waals surface area contributed by atoms with Crippen molar-refractivity contribution in [2.24, 2.45) is 5.14 Å². The summed E-state index contributed by atoms with van der Waals surface area (Å²) in [6, 6.07) is 10.5. The van der Waals surface area contributed by atoms with Crippen molar-refractivity contribution in [3.63, 3.8) is 0 Å². The number of benzene rings is 2. The van der Waals surface area contributed by atoms with Crippen LogP contribution in [0.3, 0.4) is 0 Å². The Morgan fingerprint density at radius 2 is 1.52 bits per heavy atom. The summed E-state index contributed by atoms with van der Waals surface area (Å²) in [5.41, 5.74) is 4.46. The van der Waals surface area contributed by atoms with E-state index in [0.717, 1.165) is 16.7 Å². The minimum Gasteiger partial charge on any atom is -0.436 e. The fourth-order valence-corrected chi connectivity index (χ4v) is 3.45. The van der Waals surface area contributed by atoms with Crippen molar-refractivity contribution in [1.82, 2.24) is 4.98 Å². The van der Waals surface area contributed by atoms with Crippen LogP contribution in [0.25, 0.3) is 22.6 Å². The zero-order valence-corrected chi connectivity index (χ0v) is 17.4. The van der Waals surface area contributed by atoms with Crippen LogP contribution >= 0.6 is 0 Å². The summed E-state index contributed by atoms with van der Waals surface area (Å²) in [5, 5.41) is 5.17. The topological polar surface area (TPSA) is 86.2 Å². The molecule has 0 aliphatic rings. The molecule has 0 saturated heterocycles. The van der Waals surface area contributed by atoms with Gasteiger partial charge in [-0.15, -0.1) is 0 Å². The average Bonchev–Trinajstić information content (AvgIpc) is 2.95. The van der Waals surface area contributed by atoms with Crippen LogP contribution < -0.4 is 5.14 Å². The van der Waals surface area contributed by atoms with E-state index in [1.165, 1.54) is 17.7 Å². The minimum absolute atomic E-state index is 0.00949. The van der Waals surface area contributed by atoms with Gasteiger partial charge in [-0.25, -0.2) is 18.5 Å². The van der Waals surface area contributed by atoms with E-state index in [1.54, 1.807) is 12.1 Å². The van der Waals surface area contributed by atoms with E-state index in [9.17, 15) is 8.42 Å². The molecule has 0 aliphatic carbocycles. The summed E-state index contributed by atoms with van der Waals surface area (Å²) < 4.78 is 29.0. The molecule has 1 heterocycles. The number of oxazole rings is 1. The smallest absolute Gasteiger partial charge is 0.238 e. The maximum atomic E-state index is 11.4. The summed E-state index contributed by atoms with van der Waals surface area (Å²) in [6.07, 6.45) is 0. The summed E-state index contributed by atoms with van der Waals surface area (Å²) >= 11 is 0. The first-order chi connectivity index (χ1) is 12.3. The van der Waals surface area contributed by atoms with Crippen LogP contribution in [0.1, 0.15) is 52.7 Å². The van der Waals surface area contributed by atoms with E-state index in [0.29, 0.717) is 11.5 Å². The summed E-state index contributed by atoms with van der Waals surface area (Å²) in [6.45, 7) is 13.0. The Labute approximate surface area is 160 Å². The molecule has 5 nitrogen and oxygen atoms in total. The third-order valence-electron chi connectivity index (χ3n) is 4.59. The first-order valence-electron chi connectivity index (χ1n) is 8.85. The van der Waals surface area contributed by atoms with Crippen molar-refractivity contribution in [2.75, 3.05) is 0 Å². The number of aromatic nitrogens is 1. The average molecular weight is 387 g/mol. The molecular weight excluding hydrogens is 360 g/mol. The maximum absolute atomic E-state index is 11.4.